The van der Waals surface area contributed by atoms with E-state index in [0.29, 0.717) is 21.6 Å². The number of H-pyrrole nitrogens is 1. The van der Waals surface area contributed by atoms with Crippen LogP contribution in [-0.4, -0.2) is 42.0 Å². The number of hydrogen-bond donors (Lipinski definition) is 3. The van der Waals surface area contributed by atoms with Crippen LogP contribution in [0.15, 0.2) is 46.1 Å². The van der Waals surface area contributed by atoms with Crippen molar-refractivity contribution in [3.63, 3.8) is 0 Å². The number of sulfone groups is 1. The van der Waals surface area contributed by atoms with E-state index in [1.165, 1.54) is 23.5 Å². The van der Waals surface area contributed by atoms with Gasteiger partial charge in [-0.25, -0.2) is 13.4 Å². The second-order valence-corrected chi connectivity index (χ2v) is 11.0. The van der Waals surface area contributed by atoms with Crippen molar-refractivity contribution in [2.45, 2.75) is 31.2 Å². The molecule has 1 aliphatic carbocycles. The first kappa shape index (κ1) is 21.5. The number of aromatic amines is 1. The molecule has 1 aliphatic heterocycles. The molecule has 0 unspecified atom stereocenters. The lowest BCUT2D eigenvalue weighted by Gasteiger charge is -2.28. The van der Waals surface area contributed by atoms with Gasteiger partial charge in [-0.15, -0.1) is 11.3 Å². The number of hydrogen-bond acceptors (Lipinski definition) is 7. The molecule has 2 aromatic heterocycles. The molecule has 0 bridgehead atoms. The zero-order valence-corrected chi connectivity index (χ0v) is 19.0. The van der Waals surface area contributed by atoms with Gasteiger partial charge in [-0.3, -0.25) is 19.7 Å². The van der Waals surface area contributed by atoms with E-state index in [0.717, 1.165) is 30.2 Å². The highest BCUT2D eigenvalue weighted by Crippen LogP contribution is 2.40. The molecule has 2 amide bonds. The molecule has 3 N–H and O–H groups in total. The molecule has 1 fully saturated rings. The Kier molecular flexibility index (Phi) is 5.37. The molecule has 0 saturated heterocycles. The van der Waals surface area contributed by atoms with E-state index in [-0.39, 0.29) is 23.1 Å². The van der Waals surface area contributed by atoms with E-state index < -0.39 is 27.3 Å². The van der Waals surface area contributed by atoms with Gasteiger partial charge in [-0.2, -0.15) is 0 Å². The van der Waals surface area contributed by atoms with E-state index in [1.54, 1.807) is 17.6 Å². The number of pyridine rings is 1. The van der Waals surface area contributed by atoms with Crippen molar-refractivity contribution in [2.24, 2.45) is 0 Å². The summed E-state index contributed by atoms with van der Waals surface area (Å²) in [4.78, 5) is 45.6. The number of benzene rings is 1. The molecular weight excluding hydrogens is 464 g/mol. The van der Waals surface area contributed by atoms with Gasteiger partial charge < -0.3 is 10.3 Å². The smallest absolute Gasteiger partial charge is 0.261 e. The number of nitrogens with zero attached hydrogens (tertiary/aromatic N) is 1. The topological polar surface area (TPSA) is 138 Å². The standard InChI is InChI=1S/C22H20N4O5S2/c27-19(24-14-6-9-33(30,31)11-14)16-10-13-4-5-15(12-2-1-3-12)17(18(13)25-20(16)28)21(29)26-22-23-7-8-32-22/h4-10,12,14H,1-3,11H2,(H,24,27)(H,25,28)(H,23,26,29)/t14-/m1/s1. The van der Waals surface area contributed by atoms with Gasteiger partial charge in [0.05, 0.1) is 22.9 Å². The first-order chi connectivity index (χ1) is 15.8. The van der Waals surface area contributed by atoms with Crippen LogP contribution in [0.25, 0.3) is 10.9 Å². The van der Waals surface area contributed by atoms with Crippen molar-refractivity contribution in [3.8, 4) is 0 Å². The molecule has 3 heterocycles. The normalized spacial score (nSPS) is 19.3. The van der Waals surface area contributed by atoms with Crippen LogP contribution in [-0.2, 0) is 9.84 Å². The molecule has 0 spiro atoms. The Morgan fingerprint density at radius 1 is 1.18 bits per heavy atom. The van der Waals surface area contributed by atoms with Gasteiger partial charge >= 0.3 is 0 Å². The van der Waals surface area contributed by atoms with Crippen LogP contribution >= 0.6 is 11.3 Å². The van der Waals surface area contributed by atoms with Gasteiger partial charge in [0.15, 0.2) is 15.0 Å². The van der Waals surface area contributed by atoms with E-state index in [4.69, 9.17) is 0 Å². The van der Waals surface area contributed by atoms with Gasteiger partial charge in [-0.05, 0) is 41.9 Å². The van der Waals surface area contributed by atoms with Gasteiger partial charge in [0.1, 0.15) is 5.56 Å². The molecule has 11 heteroatoms. The summed E-state index contributed by atoms with van der Waals surface area (Å²) in [5, 5.41) is 9.14. The third-order valence-corrected chi connectivity index (χ3v) is 8.05. The number of thiazole rings is 1. The fourth-order valence-electron chi connectivity index (χ4n) is 4.12. The number of nitrogens with one attached hydrogen (secondary N) is 3. The van der Waals surface area contributed by atoms with Gasteiger partial charge in [0, 0.05) is 17.0 Å². The number of carbonyl (C=O) groups excluding carboxylic acids is 2. The van der Waals surface area contributed by atoms with Crippen molar-refractivity contribution in [2.75, 3.05) is 11.1 Å². The van der Waals surface area contributed by atoms with E-state index in [9.17, 15) is 22.8 Å². The molecule has 0 radical (unpaired) electrons. The summed E-state index contributed by atoms with van der Waals surface area (Å²) in [6, 6.07) is 4.39. The molecule has 2 aliphatic rings. The number of anilines is 1. The summed E-state index contributed by atoms with van der Waals surface area (Å²) >= 11 is 1.29. The average molecular weight is 485 g/mol. The van der Waals surface area contributed by atoms with E-state index in [1.807, 2.05) is 6.07 Å². The predicted molar refractivity (Wildman–Crippen MR) is 125 cm³/mol. The lowest BCUT2D eigenvalue weighted by molar-refractivity contribution is 0.0945. The number of fused-ring (bicyclic) bond motifs is 1. The Hall–Kier alpha value is -3.31. The van der Waals surface area contributed by atoms with Crippen molar-refractivity contribution < 1.29 is 18.0 Å². The van der Waals surface area contributed by atoms with Gasteiger partial charge in [0.25, 0.3) is 17.4 Å². The lowest BCUT2D eigenvalue weighted by atomic mass is 9.77. The molecule has 9 nitrogen and oxygen atoms in total. The van der Waals surface area contributed by atoms with Crippen LogP contribution in [0.5, 0.6) is 0 Å². The Morgan fingerprint density at radius 3 is 2.64 bits per heavy atom. The summed E-state index contributed by atoms with van der Waals surface area (Å²) < 4.78 is 23.2. The Morgan fingerprint density at radius 2 is 2.00 bits per heavy atom. The van der Waals surface area contributed by atoms with Crippen molar-refractivity contribution >= 4 is 49.0 Å². The number of carbonyl (C=O) groups is 2. The lowest BCUT2D eigenvalue weighted by Crippen LogP contribution is -2.38. The largest absolute Gasteiger partial charge is 0.345 e. The van der Waals surface area contributed by atoms with Crippen LogP contribution in [0.4, 0.5) is 5.13 Å². The fraction of sp³-hybridized carbons (Fsp3) is 0.273. The highest BCUT2D eigenvalue weighted by Gasteiger charge is 2.28. The van der Waals surface area contributed by atoms with Crippen LogP contribution in [0.2, 0.25) is 0 Å². The maximum Gasteiger partial charge on any atom is 0.261 e. The summed E-state index contributed by atoms with van der Waals surface area (Å²) in [5.41, 5.74) is 0.790. The third-order valence-electron chi connectivity index (χ3n) is 5.97. The molecule has 1 saturated carbocycles. The highest BCUT2D eigenvalue weighted by molar-refractivity contribution is 7.94. The molecule has 170 valence electrons. The minimum Gasteiger partial charge on any atom is -0.345 e. The Labute approximate surface area is 192 Å². The summed E-state index contributed by atoms with van der Waals surface area (Å²) in [7, 11) is -3.34. The molecular formula is C22H20N4O5S2. The number of aromatic nitrogens is 2. The SMILES string of the molecule is O=C(N[C@@H]1C=CS(=O)(=O)C1)c1cc2ccc(C3CCC3)c(C(=O)Nc3nccs3)c2[nH]c1=O. The summed E-state index contributed by atoms with van der Waals surface area (Å²) in [6.45, 7) is 0. The maximum atomic E-state index is 13.2. The Balaban J connectivity index is 1.53. The minimum absolute atomic E-state index is 0.150. The first-order valence-corrected chi connectivity index (χ1v) is 13.0. The maximum absolute atomic E-state index is 13.2. The molecule has 33 heavy (non-hydrogen) atoms. The predicted octanol–water partition coefficient (Wildman–Crippen LogP) is 2.54. The van der Waals surface area contributed by atoms with E-state index >= 15 is 0 Å². The van der Waals surface area contributed by atoms with Crippen LogP contribution in [0.1, 0.15) is 51.5 Å². The Bertz CT molecular complexity index is 1450. The quantitative estimate of drug-likeness (QED) is 0.509. The number of amides is 2. The second kappa shape index (κ2) is 8.23. The van der Waals surface area contributed by atoms with Crippen molar-refractivity contribution in [3.05, 3.63) is 68.3 Å². The van der Waals surface area contributed by atoms with Crippen LogP contribution < -0.4 is 16.2 Å². The van der Waals surface area contributed by atoms with Gasteiger partial charge in [0.2, 0.25) is 0 Å². The van der Waals surface area contributed by atoms with Crippen LogP contribution in [0, 0.1) is 0 Å². The number of rotatable bonds is 5. The summed E-state index contributed by atoms with van der Waals surface area (Å²) in [5.74, 6) is -1.06. The monoisotopic (exact) mass is 484 g/mol. The minimum atomic E-state index is -3.34. The zero-order valence-electron chi connectivity index (χ0n) is 17.3. The zero-order chi connectivity index (χ0) is 23.2. The molecule has 3 aromatic rings. The van der Waals surface area contributed by atoms with Crippen molar-refractivity contribution in [1.29, 1.82) is 0 Å². The van der Waals surface area contributed by atoms with E-state index in [2.05, 4.69) is 20.6 Å². The fourth-order valence-corrected chi connectivity index (χ4v) is 5.88. The highest BCUT2D eigenvalue weighted by atomic mass is 32.2. The molecule has 1 atom stereocenters. The third kappa shape index (κ3) is 4.21. The van der Waals surface area contributed by atoms with Gasteiger partial charge in [-0.1, -0.05) is 18.6 Å². The summed E-state index contributed by atoms with van der Waals surface area (Å²) in [6.07, 6.45) is 5.98. The second-order valence-electron chi connectivity index (χ2n) is 8.16. The average Bonchev–Trinajstić information content (AvgIpc) is 3.34. The van der Waals surface area contributed by atoms with Crippen molar-refractivity contribution in [1.82, 2.24) is 15.3 Å². The first-order valence-electron chi connectivity index (χ1n) is 10.4. The van der Waals surface area contributed by atoms with Crippen LogP contribution in [0.3, 0.4) is 0 Å². The molecule has 5 rings (SSSR count). The molecule has 1 aromatic carbocycles.